The lowest BCUT2D eigenvalue weighted by molar-refractivity contribution is -0.149. The van der Waals surface area contributed by atoms with Crippen LogP contribution in [0.15, 0.2) is 0 Å². The lowest BCUT2D eigenvalue weighted by Crippen LogP contribution is -2.48. The fourth-order valence-electron chi connectivity index (χ4n) is 2.74. The summed E-state index contributed by atoms with van der Waals surface area (Å²) in [6.45, 7) is 8.73. The third-order valence-corrected chi connectivity index (χ3v) is 4.72. The van der Waals surface area contributed by atoms with Crippen LogP contribution in [0.5, 0.6) is 0 Å². The molecule has 1 heterocycles. The van der Waals surface area contributed by atoms with Crippen LogP contribution in [0.3, 0.4) is 0 Å². The van der Waals surface area contributed by atoms with E-state index >= 15 is 0 Å². The van der Waals surface area contributed by atoms with Crippen molar-refractivity contribution in [1.82, 2.24) is 15.5 Å². The van der Waals surface area contributed by atoms with E-state index in [9.17, 15) is 14.7 Å². The Bertz CT molecular complexity index is 350. The Morgan fingerprint density at radius 1 is 1.19 bits per heavy atom. The van der Waals surface area contributed by atoms with Crippen molar-refractivity contribution in [3.05, 3.63) is 0 Å². The molecule has 0 aliphatic carbocycles. The Labute approximate surface area is 127 Å². The van der Waals surface area contributed by atoms with Crippen molar-refractivity contribution >= 4 is 12.0 Å². The Hall–Kier alpha value is -1.30. The molecule has 1 unspecified atom stereocenters. The second-order valence-corrected chi connectivity index (χ2v) is 5.95. The fourth-order valence-corrected chi connectivity index (χ4v) is 2.74. The average Bonchev–Trinajstić information content (AvgIpc) is 3.00. The van der Waals surface area contributed by atoms with E-state index in [2.05, 4.69) is 22.5 Å². The summed E-state index contributed by atoms with van der Waals surface area (Å²) in [5.74, 6) is -0.849. The maximum atomic E-state index is 11.8. The molecule has 122 valence electrons. The van der Waals surface area contributed by atoms with Crippen LogP contribution in [0.4, 0.5) is 4.79 Å². The van der Waals surface area contributed by atoms with Gasteiger partial charge in [-0.2, -0.15) is 0 Å². The van der Waals surface area contributed by atoms with Gasteiger partial charge < -0.3 is 15.7 Å². The Morgan fingerprint density at radius 3 is 2.24 bits per heavy atom. The molecule has 1 saturated heterocycles. The zero-order valence-corrected chi connectivity index (χ0v) is 13.4. The first-order chi connectivity index (χ1) is 9.95. The standard InChI is InChI=1S/C15H29N3O3/c1-4-15(5-2,13(19)20)11-17-14(21)16-10-12(3)18-8-6-7-9-18/h12H,4-11H2,1-3H3,(H,19,20)(H2,16,17,21). The molecule has 0 radical (unpaired) electrons. The summed E-state index contributed by atoms with van der Waals surface area (Å²) in [5.41, 5.74) is -0.863. The number of aliphatic carboxylic acids is 1. The van der Waals surface area contributed by atoms with Crippen LogP contribution in [-0.2, 0) is 4.79 Å². The van der Waals surface area contributed by atoms with E-state index in [1.165, 1.54) is 12.8 Å². The van der Waals surface area contributed by atoms with Gasteiger partial charge in [-0.3, -0.25) is 9.69 Å². The van der Waals surface area contributed by atoms with E-state index < -0.39 is 11.4 Å². The van der Waals surface area contributed by atoms with Crippen LogP contribution in [0, 0.1) is 5.41 Å². The zero-order valence-electron chi connectivity index (χ0n) is 13.4. The van der Waals surface area contributed by atoms with E-state index in [1.54, 1.807) is 0 Å². The minimum atomic E-state index is -0.863. The highest BCUT2D eigenvalue weighted by atomic mass is 16.4. The summed E-state index contributed by atoms with van der Waals surface area (Å²) in [6.07, 6.45) is 3.46. The number of nitrogens with one attached hydrogen (secondary N) is 2. The van der Waals surface area contributed by atoms with Gasteiger partial charge in [0.1, 0.15) is 0 Å². The number of carboxylic acids is 1. The second kappa shape index (κ2) is 8.22. The minimum absolute atomic E-state index is 0.166. The van der Waals surface area contributed by atoms with Gasteiger partial charge in [0, 0.05) is 19.1 Å². The van der Waals surface area contributed by atoms with E-state index in [0.29, 0.717) is 25.4 Å². The number of amides is 2. The zero-order chi connectivity index (χ0) is 15.9. The normalized spacial score (nSPS) is 17.5. The van der Waals surface area contributed by atoms with Gasteiger partial charge >= 0.3 is 12.0 Å². The van der Waals surface area contributed by atoms with Crippen LogP contribution in [-0.4, -0.2) is 54.2 Å². The molecule has 0 aromatic rings. The molecule has 1 rings (SSSR count). The first kappa shape index (κ1) is 17.8. The third-order valence-electron chi connectivity index (χ3n) is 4.72. The minimum Gasteiger partial charge on any atom is -0.481 e. The summed E-state index contributed by atoms with van der Waals surface area (Å²) in [5, 5.41) is 14.9. The molecular formula is C15H29N3O3. The van der Waals surface area contributed by atoms with Crippen molar-refractivity contribution in [3.8, 4) is 0 Å². The maximum absolute atomic E-state index is 11.8. The van der Waals surface area contributed by atoms with Crippen molar-refractivity contribution in [2.24, 2.45) is 5.41 Å². The Morgan fingerprint density at radius 2 is 1.76 bits per heavy atom. The molecule has 1 aliphatic heterocycles. The molecule has 0 spiro atoms. The summed E-state index contributed by atoms with van der Waals surface area (Å²) in [7, 11) is 0. The number of carbonyl (C=O) groups is 2. The van der Waals surface area contributed by atoms with Gasteiger partial charge in [0.2, 0.25) is 0 Å². The predicted molar refractivity (Wildman–Crippen MR) is 82.3 cm³/mol. The van der Waals surface area contributed by atoms with E-state index in [-0.39, 0.29) is 12.6 Å². The van der Waals surface area contributed by atoms with Crippen LogP contribution >= 0.6 is 0 Å². The topological polar surface area (TPSA) is 81.7 Å². The van der Waals surface area contributed by atoms with Crippen LogP contribution in [0.25, 0.3) is 0 Å². The van der Waals surface area contributed by atoms with Crippen LogP contribution in [0.1, 0.15) is 46.5 Å². The van der Waals surface area contributed by atoms with Gasteiger partial charge in [0.05, 0.1) is 5.41 Å². The smallest absolute Gasteiger partial charge is 0.314 e. The van der Waals surface area contributed by atoms with Crippen molar-refractivity contribution < 1.29 is 14.7 Å². The number of carbonyl (C=O) groups excluding carboxylic acids is 1. The number of likely N-dealkylation sites (tertiary alicyclic amines) is 1. The van der Waals surface area contributed by atoms with Crippen LogP contribution in [0.2, 0.25) is 0 Å². The number of nitrogens with zero attached hydrogens (tertiary/aromatic N) is 1. The van der Waals surface area contributed by atoms with Gasteiger partial charge in [-0.25, -0.2) is 4.79 Å². The molecule has 1 fully saturated rings. The lowest BCUT2D eigenvalue weighted by atomic mass is 9.82. The number of rotatable bonds is 8. The lowest BCUT2D eigenvalue weighted by Gasteiger charge is -2.27. The van der Waals surface area contributed by atoms with Gasteiger partial charge in [-0.1, -0.05) is 13.8 Å². The van der Waals surface area contributed by atoms with Crippen molar-refractivity contribution in [3.63, 3.8) is 0 Å². The van der Waals surface area contributed by atoms with Gasteiger partial charge in [0.15, 0.2) is 0 Å². The maximum Gasteiger partial charge on any atom is 0.314 e. The van der Waals surface area contributed by atoms with Gasteiger partial charge in [0.25, 0.3) is 0 Å². The van der Waals surface area contributed by atoms with E-state index in [0.717, 1.165) is 13.1 Å². The third kappa shape index (κ3) is 4.88. The first-order valence-electron chi connectivity index (χ1n) is 7.94. The SMILES string of the molecule is CCC(CC)(CNC(=O)NCC(C)N1CCCC1)C(=O)O. The molecule has 0 aromatic heterocycles. The number of hydrogen-bond donors (Lipinski definition) is 3. The molecule has 0 saturated carbocycles. The predicted octanol–water partition coefficient (Wildman–Crippen LogP) is 1.66. The first-order valence-corrected chi connectivity index (χ1v) is 7.94. The molecule has 21 heavy (non-hydrogen) atoms. The monoisotopic (exact) mass is 299 g/mol. The number of hydrogen-bond acceptors (Lipinski definition) is 3. The Balaban J connectivity index is 2.34. The highest BCUT2D eigenvalue weighted by Crippen LogP contribution is 2.25. The van der Waals surface area contributed by atoms with Gasteiger partial charge in [-0.15, -0.1) is 0 Å². The number of urea groups is 1. The van der Waals surface area contributed by atoms with Crippen LogP contribution < -0.4 is 10.6 Å². The van der Waals surface area contributed by atoms with Crippen molar-refractivity contribution in [2.45, 2.75) is 52.5 Å². The highest BCUT2D eigenvalue weighted by molar-refractivity contribution is 5.78. The molecule has 2 amide bonds. The molecular weight excluding hydrogens is 270 g/mol. The molecule has 3 N–H and O–H groups in total. The molecule has 0 aromatic carbocycles. The van der Waals surface area contributed by atoms with E-state index in [4.69, 9.17) is 0 Å². The van der Waals surface area contributed by atoms with Crippen molar-refractivity contribution in [2.75, 3.05) is 26.2 Å². The largest absolute Gasteiger partial charge is 0.481 e. The average molecular weight is 299 g/mol. The second-order valence-electron chi connectivity index (χ2n) is 5.95. The van der Waals surface area contributed by atoms with Crippen molar-refractivity contribution in [1.29, 1.82) is 0 Å². The van der Waals surface area contributed by atoms with Gasteiger partial charge in [-0.05, 0) is 45.7 Å². The summed E-state index contributed by atoms with van der Waals surface area (Å²) in [4.78, 5) is 25.5. The molecule has 1 aliphatic rings. The fraction of sp³-hybridized carbons (Fsp3) is 0.867. The summed E-state index contributed by atoms with van der Waals surface area (Å²) in [6, 6.07) is 0.0356. The Kier molecular flexibility index (Phi) is 6.95. The quantitative estimate of drug-likeness (QED) is 0.636. The summed E-state index contributed by atoms with van der Waals surface area (Å²) >= 11 is 0. The molecule has 6 nitrogen and oxygen atoms in total. The van der Waals surface area contributed by atoms with E-state index in [1.807, 2.05) is 13.8 Å². The molecule has 1 atom stereocenters. The highest BCUT2D eigenvalue weighted by Gasteiger charge is 2.35. The molecule has 0 bridgehead atoms. The number of carboxylic acid groups (broad SMARTS) is 1. The summed E-state index contributed by atoms with van der Waals surface area (Å²) < 4.78 is 0. The molecule has 6 heteroatoms.